The first-order valence-electron chi connectivity index (χ1n) is 7.57. The summed E-state index contributed by atoms with van der Waals surface area (Å²) in [6.45, 7) is 7.84. The molecule has 106 valence electrons. The molecule has 0 radical (unpaired) electrons. The molecule has 2 fully saturated rings. The molecule has 1 unspecified atom stereocenters. The van der Waals surface area contributed by atoms with Crippen LogP contribution in [0.5, 0.6) is 0 Å². The van der Waals surface area contributed by atoms with E-state index in [1.165, 1.54) is 48.5 Å². The lowest BCUT2D eigenvalue weighted by atomic mass is 9.79. The first-order valence-corrected chi connectivity index (χ1v) is 8.39. The average molecular weight is 279 g/mol. The summed E-state index contributed by atoms with van der Waals surface area (Å²) < 4.78 is 0. The highest BCUT2D eigenvalue weighted by Crippen LogP contribution is 2.32. The Bertz CT molecular complexity index is 423. The quantitative estimate of drug-likeness (QED) is 0.902. The van der Waals surface area contributed by atoms with E-state index in [1.807, 2.05) is 17.5 Å². The molecule has 1 aliphatic heterocycles. The molecule has 1 spiro atoms. The van der Waals surface area contributed by atoms with E-state index < -0.39 is 0 Å². The van der Waals surface area contributed by atoms with E-state index in [9.17, 15) is 0 Å². The van der Waals surface area contributed by atoms with E-state index in [1.54, 1.807) is 0 Å². The predicted molar refractivity (Wildman–Crippen MR) is 80.5 cm³/mol. The summed E-state index contributed by atoms with van der Waals surface area (Å²) in [5, 5.41) is 5.12. The molecule has 0 amide bonds. The number of nitrogens with zero attached hydrogens (tertiary/aromatic N) is 2. The lowest BCUT2D eigenvalue weighted by Crippen LogP contribution is -2.63. The van der Waals surface area contributed by atoms with E-state index in [4.69, 9.17) is 0 Å². The van der Waals surface area contributed by atoms with E-state index >= 15 is 0 Å². The molecule has 1 saturated heterocycles. The molecule has 1 atom stereocenters. The molecule has 3 nitrogen and oxygen atoms in total. The average Bonchev–Trinajstić information content (AvgIpc) is 2.81. The highest BCUT2D eigenvalue weighted by atomic mass is 32.1. The smallest absolute Gasteiger partial charge is 0.107 e. The van der Waals surface area contributed by atoms with Gasteiger partial charge in [0.25, 0.3) is 0 Å². The summed E-state index contributed by atoms with van der Waals surface area (Å²) >= 11 is 1.85. The monoisotopic (exact) mass is 279 g/mol. The van der Waals surface area contributed by atoms with Gasteiger partial charge >= 0.3 is 0 Å². The van der Waals surface area contributed by atoms with Gasteiger partial charge in [0.1, 0.15) is 5.01 Å². The molecule has 1 aromatic rings. The molecule has 0 bridgehead atoms. The Morgan fingerprint density at radius 1 is 1.42 bits per heavy atom. The minimum absolute atomic E-state index is 0.400. The second kappa shape index (κ2) is 5.51. The number of thiazole rings is 1. The molecule has 2 aliphatic rings. The molecule has 19 heavy (non-hydrogen) atoms. The third kappa shape index (κ3) is 3.01. The number of piperazine rings is 1. The van der Waals surface area contributed by atoms with Crippen LogP contribution in [0.3, 0.4) is 0 Å². The Kier molecular flexibility index (Phi) is 3.92. The largest absolute Gasteiger partial charge is 0.308 e. The zero-order valence-electron chi connectivity index (χ0n) is 12.1. The molecule has 3 rings (SSSR count). The van der Waals surface area contributed by atoms with E-state index in [0.717, 1.165) is 13.1 Å². The lowest BCUT2D eigenvalue weighted by molar-refractivity contribution is 0.0572. The van der Waals surface area contributed by atoms with Crippen LogP contribution in [0, 0.1) is 6.92 Å². The van der Waals surface area contributed by atoms with Crippen molar-refractivity contribution in [2.24, 2.45) is 0 Å². The molecule has 1 N–H and O–H groups in total. The van der Waals surface area contributed by atoms with Crippen molar-refractivity contribution in [3.05, 3.63) is 16.1 Å². The fourth-order valence-electron chi connectivity index (χ4n) is 3.52. The fraction of sp³-hybridized carbons (Fsp3) is 0.800. The fourth-order valence-corrected chi connectivity index (χ4v) is 4.33. The van der Waals surface area contributed by atoms with E-state index in [0.29, 0.717) is 11.6 Å². The third-order valence-electron chi connectivity index (χ3n) is 4.72. The van der Waals surface area contributed by atoms with Gasteiger partial charge in [0.2, 0.25) is 0 Å². The first-order chi connectivity index (χ1) is 9.17. The molecule has 1 aliphatic carbocycles. The van der Waals surface area contributed by atoms with Crippen LogP contribution in [-0.4, -0.2) is 34.6 Å². The van der Waals surface area contributed by atoms with Crippen LogP contribution >= 0.6 is 11.3 Å². The van der Waals surface area contributed by atoms with Crippen molar-refractivity contribution in [3.8, 4) is 0 Å². The van der Waals surface area contributed by atoms with Gasteiger partial charge in [-0.3, -0.25) is 4.90 Å². The Morgan fingerprint density at radius 2 is 2.21 bits per heavy atom. The van der Waals surface area contributed by atoms with Crippen LogP contribution in [0.4, 0.5) is 0 Å². The molecule has 1 aromatic heterocycles. The summed E-state index contributed by atoms with van der Waals surface area (Å²) in [6, 6.07) is 0.622. The summed E-state index contributed by atoms with van der Waals surface area (Å²) in [4.78, 5) is 8.50. The Labute approximate surface area is 120 Å². The zero-order valence-corrected chi connectivity index (χ0v) is 12.9. The number of aromatic nitrogens is 1. The van der Waals surface area contributed by atoms with Gasteiger partial charge < -0.3 is 5.32 Å². The molecular weight excluding hydrogens is 254 g/mol. The number of nitrogens with one attached hydrogen (secondary N) is 1. The molecule has 2 heterocycles. The summed E-state index contributed by atoms with van der Waals surface area (Å²) in [6.07, 6.45) is 8.92. The van der Waals surface area contributed by atoms with Crippen molar-refractivity contribution in [1.29, 1.82) is 0 Å². The van der Waals surface area contributed by atoms with Crippen molar-refractivity contribution >= 4 is 11.3 Å². The third-order valence-corrected chi connectivity index (χ3v) is 5.62. The van der Waals surface area contributed by atoms with Crippen LogP contribution < -0.4 is 5.32 Å². The normalized spacial score (nSPS) is 27.8. The number of hydrogen-bond acceptors (Lipinski definition) is 4. The molecule has 0 aromatic carbocycles. The molecule has 1 saturated carbocycles. The van der Waals surface area contributed by atoms with Gasteiger partial charge in [-0.2, -0.15) is 0 Å². The standard InChI is InChI=1S/C15H25N3S/c1-12-8-17-15(6-4-3-5-7-15)11-18(12)10-14-16-9-13(2)19-14/h9,12,17H,3-8,10-11H2,1-2H3. The lowest BCUT2D eigenvalue weighted by Gasteiger charge is -2.48. The van der Waals surface area contributed by atoms with Crippen LogP contribution in [0.1, 0.15) is 48.9 Å². The van der Waals surface area contributed by atoms with Gasteiger partial charge in [0.05, 0.1) is 6.54 Å². The minimum atomic E-state index is 0.400. The van der Waals surface area contributed by atoms with Gasteiger partial charge in [-0.1, -0.05) is 19.3 Å². The summed E-state index contributed by atoms with van der Waals surface area (Å²) in [7, 11) is 0. The minimum Gasteiger partial charge on any atom is -0.308 e. The maximum atomic E-state index is 4.53. The second-order valence-electron chi connectivity index (χ2n) is 6.34. The molecule has 4 heteroatoms. The van der Waals surface area contributed by atoms with Crippen molar-refractivity contribution in [2.75, 3.05) is 13.1 Å². The zero-order chi connectivity index (χ0) is 13.3. The van der Waals surface area contributed by atoms with Gasteiger partial charge in [0, 0.05) is 35.7 Å². The Hall–Kier alpha value is -0.450. The summed E-state index contributed by atoms with van der Waals surface area (Å²) in [5.74, 6) is 0. The van der Waals surface area contributed by atoms with Crippen molar-refractivity contribution in [3.63, 3.8) is 0 Å². The van der Waals surface area contributed by atoms with Gasteiger partial charge in [-0.25, -0.2) is 4.98 Å². The molecular formula is C15H25N3S. The topological polar surface area (TPSA) is 28.2 Å². The number of aryl methyl sites for hydroxylation is 1. The number of hydrogen-bond donors (Lipinski definition) is 1. The van der Waals surface area contributed by atoms with Gasteiger partial charge in [-0.05, 0) is 26.7 Å². The van der Waals surface area contributed by atoms with Crippen molar-refractivity contribution in [1.82, 2.24) is 15.2 Å². The summed E-state index contributed by atoms with van der Waals surface area (Å²) in [5.41, 5.74) is 0.400. The highest BCUT2D eigenvalue weighted by molar-refractivity contribution is 7.11. The van der Waals surface area contributed by atoms with Crippen molar-refractivity contribution in [2.45, 2.75) is 64.1 Å². The van der Waals surface area contributed by atoms with Crippen LogP contribution in [0.2, 0.25) is 0 Å². The Balaban J connectivity index is 1.68. The SMILES string of the molecule is Cc1cnc(CN2CC3(CCCCC3)NCC2C)s1. The first kappa shape index (κ1) is 13.5. The van der Waals surface area contributed by atoms with E-state index in [2.05, 4.69) is 29.0 Å². The van der Waals surface area contributed by atoms with Crippen LogP contribution in [-0.2, 0) is 6.54 Å². The predicted octanol–water partition coefficient (Wildman–Crippen LogP) is 2.95. The highest BCUT2D eigenvalue weighted by Gasteiger charge is 2.38. The maximum absolute atomic E-state index is 4.53. The van der Waals surface area contributed by atoms with Gasteiger partial charge in [-0.15, -0.1) is 11.3 Å². The maximum Gasteiger partial charge on any atom is 0.107 e. The Morgan fingerprint density at radius 3 is 2.89 bits per heavy atom. The van der Waals surface area contributed by atoms with E-state index in [-0.39, 0.29) is 0 Å². The van der Waals surface area contributed by atoms with Gasteiger partial charge in [0.15, 0.2) is 0 Å². The van der Waals surface area contributed by atoms with Crippen LogP contribution in [0.15, 0.2) is 6.20 Å². The second-order valence-corrected chi connectivity index (χ2v) is 7.66. The number of rotatable bonds is 2. The van der Waals surface area contributed by atoms with Crippen molar-refractivity contribution < 1.29 is 0 Å². The van der Waals surface area contributed by atoms with Crippen LogP contribution in [0.25, 0.3) is 0 Å².